The summed E-state index contributed by atoms with van der Waals surface area (Å²) in [5.41, 5.74) is 5.48. The Hall–Kier alpha value is -4.59. The number of ether oxygens (including phenoxy) is 5. The Morgan fingerprint density at radius 1 is 1.13 bits per heavy atom. The molecule has 2 amide bonds. The van der Waals surface area contributed by atoms with Gasteiger partial charge in [-0.1, -0.05) is 11.6 Å². The molecule has 2 heterocycles. The maximum Gasteiger partial charge on any atom is 0.404 e. The molecule has 1 saturated heterocycles. The largest absolute Gasteiger partial charge is 0.507 e. The first-order valence-corrected chi connectivity index (χ1v) is 14.1. The van der Waals surface area contributed by atoms with E-state index in [1.807, 2.05) is 19.9 Å². The summed E-state index contributed by atoms with van der Waals surface area (Å²) in [6, 6.07) is 7.48. The highest BCUT2D eigenvalue weighted by Crippen LogP contribution is 2.39. The Morgan fingerprint density at radius 3 is 2.47 bits per heavy atom. The lowest BCUT2D eigenvalue weighted by Crippen LogP contribution is -2.65. The summed E-state index contributed by atoms with van der Waals surface area (Å²) < 4.78 is 33.3. The molecule has 0 saturated carbocycles. The number of carbonyl (C=O) groups excluding carboxylic acids is 2. The highest BCUT2D eigenvalue weighted by molar-refractivity contribution is 6.05. The lowest BCUT2D eigenvalue weighted by atomic mass is 9.89. The number of nitrogens with one attached hydrogen (secondary N) is 1. The van der Waals surface area contributed by atoms with Gasteiger partial charge in [-0.25, -0.2) is 9.59 Å². The second-order valence-corrected chi connectivity index (χ2v) is 11.4. The van der Waals surface area contributed by atoms with Gasteiger partial charge in [-0.05, 0) is 70.9 Å². The lowest BCUT2D eigenvalue weighted by molar-refractivity contribution is -0.304. The Kier molecular flexibility index (Phi) is 9.76. The van der Waals surface area contributed by atoms with E-state index in [-0.39, 0.29) is 33.7 Å². The number of aryl methyl sites for hydroxylation is 1. The molecule has 3 aromatic rings. The van der Waals surface area contributed by atoms with Crippen LogP contribution in [-0.4, -0.2) is 66.6 Å². The fourth-order valence-electron chi connectivity index (χ4n) is 5.23. The second-order valence-electron chi connectivity index (χ2n) is 11.4. The Morgan fingerprint density at radius 2 is 1.84 bits per heavy atom. The first-order chi connectivity index (χ1) is 21.2. The molecule has 5 N–H and O–H groups in total. The number of primary amides is 1. The Bertz CT molecular complexity index is 1690. The number of carbonyl (C=O) groups is 2. The van der Waals surface area contributed by atoms with Gasteiger partial charge in [0.15, 0.2) is 12.2 Å². The number of allylic oxidation sites excluding steroid dienone is 2. The van der Waals surface area contributed by atoms with Gasteiger partial charge in [0.2, 0.25) is 6.29 Å². The van der Waals surface area contributed by atoms with Gasteiger partial charge in [0, 0.05) is 24.3 Å². The molecular weight excluding hydrogens is 588 g/mol. The summed E-state index contributed by atoms with van der Waals surface area (Å²) in [5, 5.41) is 24.5. The summed E-state index contributed by atoms with van der Waals surface area (Å²) in [4.78, 5) is 37.7. The minimum Gasteiger partial charge on any atom is -0.507 e. The number of rotatable bonds is 9. The van der Waals surface area contributed by atoms with E-state index in [1.54, 1.807) is 46.1 Å². The van der Waals surface area contributed by atoms with Gasteiger partial charge in [-0.15, -0.1) is 0 Å². The summed E-state index contributed by atoms with van der Waals surface area (Å²) in [6.45, 7) is 8.80. The molecule has 4 atom stereocenters. The summed E-state index contributed by atoms with van der Waals surface area (Å²) in [6.07, 6.45) is -3.65. The standard InChI is InChI=1S/C32H38N2O11/c1-15(2)8-9-17-12-18(10-11-22(17)40-6)28(37)34-20-13-19-21(35)14-23(16(3)25(19)43-29(20)38)42-30-24(36)26(44-31(33)39)27(41-7)32(4,5)45-30/h8,10-14,24,26-27,30,35-36H,9H2,1-7H3,(H2,33,39)(H,34,37). The van der Waals surface area contributed by atoms with Crippen molar-refractivity contribution >= 4 is 28.7 Å². The number of fused-ring (bicyclic) bond motifs is 1. The highest BCUT2D eigenvalue weighted by Gasteiger charge is 2.53. The van der Waals surface area contributed by atoms with E-state index >= 15 is 0 Å². The average Bonchev–Trinajstić information content (AvgIpc) is 2.97. The molecule has 242 valence electrons. The van der Waals surface area contributed by atoms with Crippen molar-refractivity contribution < 1.29 is 47.9 Å². The number of benzene rings is 2. The van der Waals surface area contributed by atoms with Crippen LogP contribution in [0.25, 0.3) is 11.0 Å². The van der Waals surface area contributed by atoms with E-state index in [0.29, 0.717) is 17.7 Å². The Balaban J connectivity index is 1.63. The summed E-state index contributed by atoms with van der Waals surface area (Å²) in [5.74, 6) is -0.276. The average molecular weight is 627 g/mol. The number of nitrogens with two attached hydrogens (primary N) is 1. The molecule has 4 unspecified atom stereocenters. The molecular formula is C32H38N2O11. The van der Waals surface area contributed by atoms with Crippen molar-refractivity contribution in [1.82, 2.24) is 0 Å². The molecule has 13 heteroatoms. The van der Waals surface area contributed by atoms with E-state index < -0.39 is 47.8 Å². The van der Waals surface area contributed by atoms with Gasteiger partial charge in [0.05, 0.1) is 18.1 Å². The molecule has 4 rings (SSSR count). The number of aliphatic hydroxyl groups excluding tert-OH is 1. The molecule has 1 aliphatic heterocycles. The van der Waals surface area contributed by atoms with Crippen molar-refractivity contribution in [2.75, 3.05) is 19.5 Å². The van der Waals surface area contributed by atoms with Crippen LogP contribution in [0.2, 0.25) is 0 Å². The molecule has 45 heavy (non-hydrogen) atoms. The first-order valence-electron chi connectivity index (χ1n) is 14.1. The van der Waals surface area contributed by atoms with E-state index in [4.69, 9.17) is 33.8 Å². The van der Waals surface area contributed by atoms with Crippen LogP contribution >= 0.6 is 0 Å². The van der Waals surface area contributed by atoms with Crippen LogP contribution in [0.1, 0.15) is 49.2 Å². The normalized spacial score (nSPS) is 20.7. The molecule has 1 aromatic heterocycles. The highest BCUT2D eigenvalue weighted by atomic mass is 16.7. The number of amides is 2. The van der Waals surface area contributed by atoms with E-state index in [1.165, 1.54) is 19.2 Å². The monoisotopic (exact) mass is 626 g/mol. The van der Waals surface area contributed by atoms with Gasteiger partial charge in [0.1, 0.15) is 34.6 Å². The third kappa shape index (κ3) is 7.06. The molecule has 0 spiro atoms. The van der Waals surface area contributed by atoms with Crippen molar-refractivity contribution in [3.8, 4) is 17.2 Å². The third-order valence-corrected chi connectivity index (χ3v) is 7.49. The molecule has 0 radical (unpaired) electrons. The smallest absolute Gasteiger partial charge is 0.404 e. The quantitative estimate of drug-likeness (QED) is 0.199. The van der Waals surface area contributed by atoms with E-state index in [9.17, 15) is 24.6 Å². The van der Waals surface area contributed by atoms with Crippen molar-refractivity contribution in [3.63, 3.8) is 0 Å². The molecule has 1 aliphatic rings. The Labute approximate surface area is 259 Å². The maximum absolute atomic E-state index is 13.1. The van der Waals surface area contributed by atoms with Gasteiger partial charge in [-0.3, -0.25) is 4.79 Å². The van der Waals surface area contributed by atoms with Crippen molar-refractivity contribution in [2.24, 2.45) is 5.73 Å². The SMILES string of the molecule is COc1ccc(C(=O)Nc2cc3c(O)cc(OC4OC(C)(C)C(OC)C(OC(N)=O)C4O)c(C)c3oc2=O)cc1CC=C(C)C. The predicted molar refractivity (Wildman–Crippen MR) is 164 cm³/mol. The molecule has 0 aliphatic carbocycles. The van der Waals surface area contributed by atoms with Crippen LogP contribution in [0, 0.1) is 6.92 Å². The number of aliphatic hydroxyl groups is 1. The van der Waals surface area contributed by atoms with E-state index in [0.717, 1.165) is 11.1 Å². The minimum atomic E-state index is -1.54. The second kappa shape index (κ2) is 13.2. The molecule has 13 nitrogen and oxygen atoms in total. The van der Waals surface area contributed by atoms with Crippen molar-refractivity contribution in [2.45, 2.75) is 71.2 Å². The minimum absolute atomic E-state index is 0.00982. The first kappa shape index (κ1) is 33.3. The van der Waals surface area contributed by atoms with E-state index in [2.05, 4.69) is 5.32 Å². The molecule has 0 bridgehead atoms. The zero-order valence-electron chi connectivity index (χ0n) is 26.1. The fourth-order valence-corrected chi connectivity index (χ4v) is 5.23. The fraction of sp³-hybridized carbons (Fsp3) is 0.406. The van der Waals surface area contributed by atoms with Crippen LogP contribution in [0.4, 0.5) is 10.5 Å². The zero-order valence-corrected chi connectivity index (χ0v) is 26.1. The number of aromatic hydroxyl groups is 1. The van der Waals surface area contributed by atoms with Crippen LogP contribution in [0.3, 0.4) is 0 Å². The number of anilines is 1. The maximum atomic E-state index is 13.1. The number of phenols is 1. The lowest BCUT2D eigenvalue weighted by Gasteiger charge is -2.47. The zero-order chi connectivity index (χ0) is 33.2. The van der Waals surface area contributed by atoms with Crippen LogP contribution < -0.4 is 26.1 Å². The predicted octanol–water partition coefficient (Wildman–Crippen LogP) is 3.93. The van der Waals surface area contributed by atoms with Crippen LogP contribution in [0.5, 0.6) is 17.2 Å². The molecule has 2 aromatic carbocycles. The van der Waals surface area contributed by atoms with Gasteiger partial charge < -0.3 is 49.4 Å². The molecule has 1 fully saturated rings. The third-order valence-electron chi connectivity index (χ3n) is 7.49. The summed E-state index contributed by atoms with van der Waals surface area (Å²) in [7, 11) is 2.91. The number of phenolic OH excluding ortho intramolecular Hbond substituents is 1. The topological polar surface area (TPSA) is 189 Å². The van der Waals surface area contributed by atoms with Crippen LogP contribution in [-0.2, 0) is 20.6 Å². The van der Waals surface area contributed by atoms with Gasteiger partial charge in [-0.2, -0.15) is 0 Å². The number of hydrogen-bond donors (Lipinski definition) is 4. The van der Waals surface area contributed by atoms with Crippen molar-refractivity contribution in [3.05, 3.63) is 69.1 Å². The number of hydrogen-bond acceptors (Lipinski definition) is 11. The van der Waals surface area contributed by atoms with Crippen molar-refractivity contribution in [1.29, 1.82) is 0 Å². The van der Waals surface area contributed by atoms with Gasteiger partial charge >= 0.3 is 11.7 Å². The van der Waals surface area contributed by atoms with Gasteiger partial charge in [0.25, 0.3) is 5.91 Å². The number of methoxy groups -OCH3 is 2. The summed E-state index contributed by atoms with van der Waals surface area (Å²) >= 11 is 0. The van der Waals surface area contributed by atoms with Crippen LogP contribution in [0.15, 0.2) is 51.2 Å².